The van der Waals surface area contributed by atoms with E-state index in [0.29, 0.717) is 5.96 Å². The van der Waals surface area contributed by atoms with Crippen molar-refractivity contribution in [2.75, 3.05) is 36.5 Å². The maximum atomic E-state index is 5.98. The van der Waals surface area contributed by atoms with Gasteiger partial charge >= 0.3 is 0 Å². The van der Waals surface area contributed by atoms with Crippen LogP contribution in [0.4, 0.5) is 11.4 Å². The summed E-state index contributed by atoms with van der Waals surface area (Å²) in [6.07, 6.45) is 0. The zero-order valence-corrected chi connectivity index (χ0v) is 9.85. The van der Waals surface area contributed by atoms with Gasteiger partial charge in [0.25, 0.3) is 0 Å². The first-order chi connectivity index (χ1) is 7.74. The molecule has 0 atom stereocenters. The predicted molar refractivity (Wildman–Crippen MR) is 69.2 cm³/mol. The smallest absolute Gasteiger partial charge is 0.195 e. The normalized spacial score (nSPS) is 16.2. The Morgan fingerprint density at radius 3 is 2.69 bits per heavy atom. The molecule has 1 heterocycles. The topological polar surface area (TPSA) is 44.9 Å². The van der Waals surface area contributed by atoms with Gasteiger partial charge in [0.2, 0.25) is 0 Å². The first kappa shape index (κ1) is 10.8. The molecule has 2 N–H and O–H groups in total. The van der Waals surface area contributed by atoms with Crippen molar-refractivity contribution >= 4 is 17.3 Å². The molecule has 1 aliphatic rings. The second-order valence-electron chi connectivity index (χ2n) is 3.89. The van der Waals surface area contributed by atoms with E-state index in [1.54, 1.807) is 0 Å². The van der Waals surface area contributed by atoms with E-state index in [0.717, 1.165) is 25.3 Å². The Kier molecular flexibility index (Phi) is 2.99. The molecule has 0 saturated heterocycles. The molecule has 0 spiro atoms. The Morgan fingerprint density at radius 1 is 1.31 bits per heavy atom. The molecule has 4 nitrogen and oxygen atoms in total. The highest BCUT2D eigenvalue weighted by atomic mass is 15.3. The van der Waals surface area contributed by atoms with Crippen molar-refractivity contribution in [3.8, 4) is 0 Å². The number of aliphatic imine (C=N–C) groups is 1. The van der Waals surface area contributed by atoms with Crippen LogP contribution in [0.1, 0.15) is 6.92 Å². The Balaban J connectivity index is 2.38. The maximum Gasteiger partial charge on any atom is 0.195 e. The highest BCUT2D eigenvalue weighted by Gasteiger charge is 2.21. The van der Waals surface area contributed by atoms with Crippen LogP contribution in [0.5, 0.6) is 0 Å². The molecular formula is C12H18N4. The van der Waals surface area contributed by atoms with E-state index < -0.39 is 0 Å². The number of fused-ring (bicyclic) bond motifs is 1. The molecule has 1 aliphatic heterocycles. The van der Waals surface area contributed by atoms with E-state index in [-0.39, 0.29) is 0 Å². The molecule has 1 aromatic carbocycles. The lowest BCUT2D eigenvalue weighted by molar-refractivity contribution is 0.827. The van der Waals surface area contributed by atoms with Crippen molar-refractivity contribution in [3.63, 3.8) is 0 Å². The Hall–Kier alpha value is -1.71. The van der Waals surface area contributed by atoms with Crippen LogP contribution in [0, 0.1) is 0 Å². The van der Waals surface area contributed by atoms with Crippen molar-refractivity contribution in [3.05, 3.63) is 24.3 Å². The molecule has 0 aliphatic carbocycles. The van der Waals surface area contributed by atoms with Crippen molar-refractivity contribution in [2.45, 2.75) is 6.92 Å². The van der Waals surface area contributed by atoms with Gasteiger partial charge in [-0.2, -0.15) is 0 Å². The van der Waals surface area contributed by atoms with Crippen molar-refractivity contribution in [1.82, 2.24) is 0 Å². The largest absolute Gasteiger partial charge is 0.371 e. The minimum absolute atomic E-state index is 0.614. The van der Waals surface area contributed by atoms with Crippen LogP contribution < -0.4 is 15.5 Å². The molecule has 0 radical (unpaired) electrons. The maximum absolute atomic E-state index is 5.98. The number of nitrogens with zero attached hydrogens (tertiary/aromatic N) is 3. The predicted octanol–water partition coefficient (Wildman–Crippen LogP) is 1.28. The lowest BCUT2D eigenvalue weighted by Gasteiger charge is -2.36. The summed E-state index contributed by atoms with van der Waals surface area (Å²) in [6, 6.07) is 8.28. The Bertz CT molecular complexity index is 400. The van der Waals surface area contributed by atoms with E-state index in [4.69, 9.17) is 5.73 Å². The third-order valence-electron chi connectivity index (χ3n) is 2.84. The van der Waals surface area contributed by atoms with Crippen LogP contribution in [0.15, 0.2) is 29.3 Å². The summed E-state index contributed by atoms with van der Waals surface area (Å²) in [6.45, 7) is 4.58. The highest BCUT2D eigenvalue weighted by Crippen LogP contribution is 2.31. The number of benzene rings is 1. The second kappa shape index (κ2) is 4.43. The molecule has 0 saturated carbocycles. The third-order valence-corrected chi connectivity index (χ3v) is 2.84. The summed E-state index contributed by atoms with van der Waals surface area (Å²) in [5, 5.41) is 0. The van der Waals surface area contributed by atoms with E-state index >= 15 is 0 Å². The second-order valence-corrected chi connectivity index (χ2v) is 3.89. The number of nitrogens with two attached hydrogens (primary N) is 1. The van der Waals surface area contributed by atoms with Crippen LogP contribution in [0.25, 0.3) is 0 Å². The number of likely N-dealkylation sites (N-methyl/N-ethyl adjacent to an activating group) is 1. The van der Waals surface area contributed by atoms with Gasteiger partial charge in [0, 0.05) is 26.7 Å². The van der Waals surface area contributed by atoms with Crippen LogP contribution in [0.3, 0.4) is 0 Å². The van der Waals surface area contributed by atoms with Gasteiger partial charge < -0.3 is 15.5 Å². The summed E-state index contributed by atoms with van der Waals surface area (Å²) >= 11 is 0. The van der Waals surface area contributed by atoms with E-state index in [2.05, 4.69) is 34.0 Å². The molecule has 0 bridgehead atoms. The summed E-state index contributed by atoms with van der Waals surface area (Å²) < 4.78 is 0. The Morgan fingerprint density at radius 2 is 2.00 bits per heavy atom. The summed E-state index contributed by atoms with van der Waals surface area (Å²) in [5.41, 5.74) is 8.33. The van der Waals surface area contributed by atoms with Gasteiger partial charge in [-0.25, -0.2) is 0 Å². The zero-order chi connectivity index (χ0) is 11.5. The molecule has 16 heavy (non-hydrogen) atoms. The fourth-order valence-electron chi connectivity index (χ4n) is 1.99. The number of para-hydroxylation sites is 2. The number of hydrogen-bond acceptors (Lipinski definition) is 2. The van der Waals surface area contributed by atoms with Crippen LogP contribution in [0.2, 0.25) is 0 Å². The van der Waals surface area contributed by atoms with Crippen LogP contribution >= 0.6 is 0 Å². The third kappa shape index (κ3) is 1.83. The molecule has 0 amide bonds. The molecule has 86 valence electrons. The lowest BCUT2D eigenvalue weighted by Crippen LogP contribution is -2.46. The van der Waals surface area contributed by atoms with Gasteiger partial charge in [0.15, 0.2) is 5.96 Å². The molecule has 1 aromatic rings. The van der Waals surface area contributed by atoms with Crippen molar-refractivity contribution in [2.24, 2.45) is 10.7 Å². The van der Waals surface area contributed by atoms with Gasteiger partial charge in [0.05, 0.1) is 11.4 Å². The van der Waals surface area contributed by atoms with Crippen molar-refractivity contribution < 1.29 is 0 Å². The molecule has 2 rings (SSSR count). The number of rotatable bonds is 1. The molecular weight excluding hydrogens is 200 g/mol. The van der Waals surface area contributed by atoms with Gasteiger partial charge in [-0.1, -0.05) is 12.1 Å². The van der Waals surface area contributed by atoms with Gasteiger partial charge in [-0.15, -0.1) is 0 Å². The van der Waals surface area contributed by atoms with Gasteiger partial charge in [-0.05, 0) is 19.1 Å². The standard InChI is InChI=1S/C12H18N4/c1-3-14-12(13)16-9-8-15(2)10-6-4-5-7-11(10)16/h4-7H,3,8-9H2,1-2H3,(H2,13,14). The lowest BCUT2D eigenvalue weighted by atomic mass is 10.2. The highest BCUT2D eigenvalue weighted by molar-refractivity contribution is 5.98. The molecule has 4 heteroatoms. The van der Waals surface area contributed by atoms with Crippen LogP contribution in [-0.4, -0.2) is 32.6 Å². The summed E-state index contributed by atoms with van der Waals surface area (Å²) in [5.74, 6) is 0.614. The number of hydrogen-bond donors (Lipinski definition) is 1. The van der Waals surface area contributed by atoms with Crippen LogP contribution in [-0.2, 0) is 0 Å². The fraction of sp³-hybridized carbons (Fsp3) is 0.417. The fourth-order valence-corrected chi connectivity index (χ4v) is 1.99. The molecule has 0 unspecified atom stereocenters. The van der Waals surface area contributed by atoms with E-state index in [9.17, 15) is 0 Å². The average Bonchev–Trinajstić information content (AvgIpc) is 2.30. The summed E-state index contributed by atoms with van der Waals surface area (Å²) in [4.78, 5) is 8.60. The SMILES string of the molecule is CCN=C(N)N1CCN(C)c2ccccc21. The molecule has 0 aromatic heterocycles. The van der Waals surface area contributed by atoms with Gasteiger partial charge in [-0.3, -0.25) is 4.99 Å². The Labute approximate surface area is 96.4 Å². The summed E-state index contributed by atoms with van der Waals surface area (Å²) in [7, 11) is 2.10. The minimum Gasteiger partial charge on any atom is -0.371 e. The minimum atomic E-state index is 0.614. The average molecular weight is 218 g/mol. The zero-order valence-electron chi connectivity index (χ0n) is 9.85. The number of anilines is 2. The quantitative estimate of drug-likeness (QED) is 0.570. The van der Waals surface area contributed by atoms with Gasteiger partial charge in [0.1, 0.15) is 0 Å². The van der Waals surface area contributed by atoms with E-state index in [1.807, 2.05) is 19.1 Å². The van der Waals surface area contributed by atoms with E-state index in [1.165, 1.54) is 5.69 Å². The first-order valence-corrected chi connectivity index (χ1v) is 5.61. The monoisotopic (exact) mass is 218 g/mol. The molecule has 0 fully saturated rings. The number of guanidine groups is 1. The first-order valence-electron chi connectivity index (χ1n) is 5.61. The van der Waals surface area contributed by atoms with Crippen molar-refractivity contribution in [1.29, 1.82) is 0 Å².